The van der Waals surface area contributed by atoms with E-state index in [4.69, 9.17) is 0 Å². The molecule has 2 heterocycles. The highest BCUT2D eigenvalue weighted by atomic mass is 16.2. The first-order valence-corrected chi connectivity index (χ1v) is 6.41. The summed E-state index contributed by atoms with van der Waals surface area (Å²) < 4.78 is 0. The summed E-state index contributed by atoms with van der Waals surface area (Å²) >= 11 is 0. The second-order valence-electron chi connectivity index (χ2n) is 4.94. The monoisotopic (exact) mass is 261 g/mol. The van der Waals surface area contributed by atoms with Crippen molar-refractivity contribution >= 4 is 12.1 Å². The van der Waals surface area contributed by atoms with Crippen LogP contribution in [0.25, 0.3) is 0 Å². The van der Waals surface area contributed by atoms with Crippen LogP contribution in [0.4, 0.5) is 0 Å². The fraction of sp³-hybridized carbons (Fsp3) is 0.462. The highest BCUT2D eigenvalue weighted by Crippen LogP contribution is 2.13. The summed E-state index contributed by atoms with van der Waals surface area (Å²) in [6, 6.07) is 3.72. The van der Waals surface area contributed by atoms with E-state index in [1.165, 1.54) is 0 Å². The van der Waals surface area contributed by atoms with Crippen LogP contribution in [-0.2, 0) is 4.79 Å². The SMILES string of the molecule is CC(C)C1CC(C(=O)N/N=C/c2ccncc2)NN1. The van der Waals surface area contributed by atoms with Gasteiger partial charge in [0.25, 0.3) is 5.91 Å². The van der Waals surface area contributed by atoms with Gasteiger partial charge in [-0.05, 0) is 30.0 Å². The molecule has 6 heteroatoms. The quantitative estimate of drug-likeness (QED) is 0.542. The third-order valence-corrected chi connectivity index (χ3v) is 3.15. The van der Waals surface area contributed by atoms with Crippen molar-refractivity contribution in [2.45, 2.75) is 32.4 Å². The molecule has 2 atom stereocenters. The number of amides is 1. The fourth-order valence-electron chi connectivity index (χ4n) is 1.89. The lowest BCUT2D eigenvalue weighted by Gasteiger charge is -2.12. The third-order valence-electron chi connectivity index (χ3n) is 3.15. The van der Waals surface area contributed by atoms with Crippen molar-refractivity contribution in [2.75, 3.05) is 0 Å². The molecular weight excluding hydrogens is 242 g/mol. The summed E-state index contributed by atoms with van der Waals surface area (Å²) in [5.74, 6) is 0.367. The highest BCUT2D eigenvalue weighted by molar-refractivity contribution is 5.84. The number of aromatic nitrogens is 1. The van der Waals surface area contributed by atoms with Gasteiger partial charge in [-0.2, -0.15) is 5.10 Å². The van der Waals surface area contributed by atoms with E-state index >= 15 is 0 Å². The van der Waals surface area contributed by atoms with Gasteiger partial charge in [0.05, 0.1) is 6.21 Å². The summed E-state index contributed by atoms with van der Waals surface area (Å²) in [6.07, 6.45) is 5.73. The average molecular weight is 261 g/mol. The third kappa shape index (κ3) is 3.84. The Morgan fingerprint density at radius 2 is 2.21 bits per heavy atom. The molecule has 102 valence electrons. The Bertz CT molecular complexity index is 446. The molecular formula is C13H19N5O. The summed E-state index contributed by atoms with van der Waals surface area (Å²) in [5.41, 5.74) is 9.55. The molecule has 1 aromatic rings. The van der Waals surface area contributed by atoms with Crippen molar-refractivity contribution in [3.63, 3.8) is 0 Å². The molecule has 0 bridgehead atoms. The number of pyridine rings is 1. The number of hydrogen-bond donors (Lipinski definition) is 3. The maximum Gasteiger partial charge on any atom is 0.258 e. The number of rotatable bonds is 4. The summed E-state index contributed by atoms with van der Waals surface area (Å²) in [5, 5.41) is 3.94. The van der Waals surface area contributed by atoms with E-state index in [-0.39, 0.29) is 11.9 Å². The maximum absolute atomic E-state index is 11.9. The molecule has 1 aliphatic heterocycles. The van der Waals surface area contributed by atoms with Crippen molar-refractivity contribution in [1.82, 2.24) is 21.3 Å². The molecule has 0 radical (unpaired) electrons. The lowest BCUT2D eigenvalue weighted by atomic mass is 9.99. The Kier molecular flexibility index (Phi) is 4.59. The van der Waals surface area contributed by atoms with Gasteiger partial charge in [-0.3, -0.25) is 15.2 Å². The Hall–Kier alpha value is -1.79. The molecule has 1 aliphatic rings. The van der Waals surface area contributed by atoms with Crippen LogP contribution >= 0.6 is 0 Å². The molecule has 1 aromatic heterocycles. The summed E-state index contributed by atoms with van der Waals surface area (Å²) in [4.78, 5) is 15.8. The first-order valence-electron chi connectivity index (χ1n) is 6.41. The summed E-state index contributed by atoms with van der Waals surface area (Å²) in [7, 11) is 0. The number of nitrogens with one attached hydrogen (secondary N) is 3. The minimum absolute atomic E-state index is 0.124. The molecule has 1 amide bonds. The number of hydrazine groups is 1. The Balaban J connectivity index is 1.81. The standard InChI is InChI=1S/C13H19N5O/c1-9(2)11-7-12(17-16-11)13(19)18-15-8-10-3-5-14-6-4-10/h3-6,8-9,11-12,16-17H,7H2,1-2H3,(H,18,19)/b15-8+. The lowest BCUT2D eigenvalue weighted by molar-refractivity contribution is -0.122. The first kappa shape index (κ1) is 13.6. The van der Waals surface area contributed by atoms with Gasteiger partial charge in [-0.1, -0.05) is 13.8 Å². The van der Waals surface area contributed by atoms with Crippen molar-refractivity contribution in [3.05, 3.63) is 30.1 Å². The zero-order valence-electron chi connectivity index (χ0n) is 11.1. The Morgan fingerprint density at radius 3 is 2.84 bits per heavy atom. The van der Waals surface area contributed by atoms with Crippen LogP contribution in [0.5, 0.6) is 0 Å². The minimum atomic E-state index is -0.234. The van der Waals surface area contributed by atoms with Crippen LogP contribution in [0, 0.1) is 5.92 Å². The molecule has 0 aliphatic carbocycles. The second kappa shape index (κ2) is 6.40. The fourth-order valence-corrected chi connectivity index (χ4v) is 1.89. The van der Waals surface area contributed by atoms with Crippen molar-refractivity contribution < 1.29 is 4.79 Å². The predicted octanol–water partition coefficient (Wildman–Crippen LogP) is 0.423. The van der Waals surface area contributed by atoms with Crippen LogP contribution in [0.15, 0.2) is 29.6 Å². The minimum Gasteiger partial charge on any atom is -0.271 e. The Labute approximate surface area is 112 Å². The van der Waals surface area contributed by atoms with Gasteiger partial charge in [0.2, 0.25) is 0 Å². The molecule has 3 N–H and O–H groups in total. The zero-order chi connectivity index (χ0) is 13.7. The van der Waals surface area contributed by atoms with E-state index in [2.05, 4.69) is 40.2 Å². The van der Waals surface area contributed by atoms with Crippen LogP contribution in [0.2, 0.25) is 0 Å². The zero-order valence-corrected chi connectivity index (χ0v) is 11.1. The second-order valence-corrected chi connectivity index (χ2v) is 4.94. The topological polar surface area (TPSA) is 78.4 Å². The van der Waals surface area contributed by atoms with Crippen LogP contribution in [0.1, 0.15) is 25.8 Å². The van der Waals surface area contributed by atoms with Crippen molar-refractivity contribution in [1.29, 1.82) is 0 Å². The first-order chi connectivity index (χ1) is 9.16. The van der Waals surface area contributed by atoms with Gasteiger partial charge in [0, 0.05) is 18.4 Å². The number of hydrazone groups is 1. The van der Waals surface area contributed by atoms with Crippen molar-refractivity contribution in [3.8, 4) is 0 Å². The maximum atomic E-state index is 11.9. The smallest absolute Gasteiger partial charge is 0.258 e. The predicted molar refractivity (Wildman–Crippen MR) is 73.3 cm³/mol. The lowest BCUT2D eigenvalue weighted by Crippen LogP contribution is -2.42. The van der Waals surface area contributed by atoms with E-state index in [0.717, 1.165) is 12.0 Å². The molecule has 6 nitrogen and oxygen atoms in total. The van der Waals surface area contributed by atoms with E-state index in [1.54, 1.807) is 18.6 Å². The van der Waals surface area contributed by atoms with E-state index in [1.807, 2.05) is 12.1 Å². The molecule has 0 aromatic carbocycles. The Morgan fingerprint density at radius 1 is 1.47 bits per heavy atom. The number of nitrogens with zero attached hydrogens (tertiary/aromatic N) is 2. The molecule has 2 rings (SSSR count). The van der Waals surface area contributed by atoms with Gasteiger partial charge in [0.1, 0.15) is 6.04 Å². The summed E-state index contributed by atoms with van der Waals surface area (Å²) in [6.45, 7) is 4.25. The molecule has 0 spiro atoms. The van der Waals surface area contributed by atoms with Gasteiger partial charge in [-0.15, -0.1) is 0 Å². The van der Waals surface area contributed by atoms with Crippen LogP contribution in [-0.4, -0.2) is 29.2 Å². The van der Waals surface area contributed by atoms with Crippen LogP contribution in [0.3, 0.4) is 0 Å². The van der Waals surface area contributed by atoms with E-state index in [0.29, 0.717) is 12.0 Å². The van der Waals surface area contributed by atoms with Gasteiger partial charge < -0.3 is 0 Å². The van der Waals surface area contributed by atoms with Gasteiger partial charge in [-0.25, -0.2) is 10.9 Å². The normalized spacial score (nSPS) is 23.1. The average Bonchev–Trinajstić information content (AvgIpc) is 2.89. The number of hydrogen-bond acceptors (Lipinski definition) is 5. The largest absolute Gasteiger partial charge is 0.271 e. The molecule has 0 saturated carbocycles. The van der Waals surface area contributed by atoms with E-state index in [9.17, 15) is 4.79 Å². The van der Waals surface area contributed by atoms with Crippen molar-refractivity contribution in [2.24, 2.45) is 11.0 Å². The molecule has 19 heavy (non-hydrogen) atoms. The molecule has 2 unspecified atom stereocenters. The number of carbonyl (C=O) groups excluding carboxylic acids is 1. The number of carbonyl (C=O) groups is 1. The molecule has 1 fully saturated rings. The van der Waals surface area contributed by atoms with Crippen LogP contribution < -0.4 is 16.3 Å². The van der Waals surface area contributed by atoms with Gasteiger partial charge >= 0.3 is 0 Å². The highest BCUT2D eigenvalue weighted by Gasteiger charge is 2.30. The van der Waals surface area contributed by atoms with Gasteiger partial charge in [0.15, 0.2) is 0 Å². The molecule has 1 saturated heterocycles. The van der Waals surface area contributed by atoms with E-state index < -0.39 is 0 Å².